The van der Waals surface area contributed by atoms with Crippen LogP contribution < -0.4 is 10.5 Å². The zero-order chi connectivity index (χ0) is 11.5. The van der Waals surface area contributed by atoms with Crippen molar-refractivity contribution in [1.29, 1.82) is 0 Å². The average Bonchev–Trinajstić information content (AvgIpc) is 3.01. The van der Waals surface area contributed by atoms with E-state index in [0.29, 0.717) is 5.75 Å². The van der Waals surface area contributed by atoms with Crippen molar-refractivity contribution in [2.75, 3.05) is 0 Å². The molecule has 1 aliphatic rings. The third-order valence-electron chi connectivity index (χ3n) is 2.83. The maximum Gasteiger partial charge on any atom is 0.308 e. The topological polar surface area (TPSA) is 52.3 Å². The lowest BCUT2D eigenvalue weighted by Crippen LogP contribution is -2.11. The summed E-state index contributed by atoms with van der Waals surface area (Å²) in [4.78, 5) is 10.8. The highest BCUT2D eigenvalue weighted by Crippen LogP contribution is 2.37. The summed E-state index contributed by atoms with van der Waals surface area (Å²) in [5.41, 5.74) is 7.14. The molecule has 0 amide bonds. The van der Waals surface area contributed by atoms with E-state index < -0.39 is 0 Å². The number of hydrogen-bond acceptors (Lipinski definition) is 3. The minimum Gasteiger partial charge on any atom is -0.427 e. The van der Waals surface area contributed by atoms with Gasteiger partial charge in [-0.1, -0.05) is 25.0 Å². The molecule has 0 radical (unpaired) electrons. The van der Waals surface area contributed by atoms with E-state index in [0.717, 1.165) is 17.9 Å². The van der Waals surface area contributed by atoms with Gasteiger partial charge in [-0.2, -0.15) is 0 Å². The van der Waals surface area contributed by atoms with E-state index in [1.807, 2.05) is 18.2 Å². The molecule has 0 heterocycles. The van der Waals surface area contributed by atoms with Gasteiger partial charge in [0.15, 0.2) is 0 Å². The molecule has 86 valence electrons. The molecule has 1 aliphatic carbocycles. The Morgan fingerprint density at radius 2 is 2.31 bits per heavy atom. The Morgan fingerprint density at radius 1 is 1.56 bits per heavy atom. The summed E-state index contributed by atoms with van der Waals surface area (Å²) in [5.74, 6) is 1.08. The number of esters is 1. The van der Waals surface area contributed by atoms with Crippen LogP contribution in [0.3, 0.4) is 0 Å². The Kier molecular flexibility index (Phi) is 3.25. The Morgan fingerprint density at radius 3 is 2.94 bits per heavy atom. The van der Waals surface area contributed by atoms with Gasteiger partial charge in [0.05, 0.1) is 0 Å². The van der Waals surface area contributed by atoms with Crippen LogP contribution in [0.1, 0.15) is 37.8 Å². The number of hydrogen-bond donors (Lipinski definition) is 1. The lowest BCUT2D eigenvalue weighted by molar-refractivity contribution is -0.131. The summed E-state index contributed by atoms with van der Waals surface area (Å²) in [7, 11) is 0. The van der Waals surface area contributed by atoms with Crippen molar-refractivity contribution in [2.45, 2.75) is 32.2 Å². The van der Waals surface area contributed by atoms with Crippen LogP contribution in [0.15, 0.2) is 24.3 Å². The maximum atomic E-state index is 10.8. The first-order valence-electron chi connectivity index (χ1n) is 5.69. The fraction of sp³-hybridized carbons (Fsp3) is 0.462. The second-order valence-corrected chi connectivity index (χ2v) is 4.45. The molecule has 0 unspecified atom stereocenters. The monoisotopic (exact) mass is 219 g/mol. The van der Waals surface area contributed by atoms with Crippen LogP contribution in [0.25, 0.3) is 0 Å². The molecular weight excluding hydrogens is 202 g/mol. The summed E-state index contributed by atoms with van der Waals surface area (Å²) >= 11 is 0. The summed E-state index contributed by atoms with van der Waals surface area (Å²) < 4.78 is 5.03. The zero-order valence-corrected chi connectivity index (χ0v) is 9.48. The SMILES string of the molecule is CC(=O)Oc1cccc([C@H](N)CC2CC2)c1. The van der Waals surface area contributed by atoms with Gasteiger partial charge in [-0.15, -0.1) is 0 Å². The van der Waals surface area contributed by atoms with E-state index in [4.69, 9.17) is 10.5 Å². The third-order valence-corrected chi connectivity index (χ3v) is 2.83. The quantitative estimate of drug-likeness (QED) is 0.625. The molecule has 1 aromatic rings. The van der Waals surface area contributed by atoms with Gasteiger partial charge in [-0.05, 0) is 30.0 Å². The Hall–Kier alpha value is -1.35. The Bertz CT molecular complexity index is 385. The molecule has 1 fully saturated rings. The Balaban J connectivity index is 2.04. The minimum absolute atomic E-state index is 0.0583. The summed E-state index contributed by atoms with van der Waals surface area (Å²) in [6, 6.07) is 7.55. The number of rotatable bonds is 4. The van der Waals surface area contributed by atoms with Crippen LogP contribution in [-0.2, 0) is 4.79 Å². The first kappa shape index (κ1) is 11.1. The Labute approximate surface area is 95.6 Å². The van der Waals surface area contributed by atoms with Gasteiger partial charge in [-0.25, -0.2) is 0 Å². The summed E-state index contributed by atoms with van der Waals surface area (Å²) in [6.45, 7) is 1.40. The van der Waals surface area contributed by atoms with Gasteiger partial charge in [0.25, 0.3) is 0 Å². The van der Waals surface area contributed by atoms with E-state index in [1.54, 1.807) is 6.07 Å². The summed E-state index contributed by atoms with van der Waals surface area (Å²) in [5, 5.41) is 0. The van der Waals surface area contributed by atoms with Crippen molar-refractivity contribution in [2.24, 2.45) is 11.7 Å². The van der Waals surface area contributed by atoms with Gasteiger partial charge in [-0.3, -0.25) is 4.79 Å². The van der Waals surface area contributed by atoms with Gasteiger partial charge in [0.1, 0.15) is 5.75 Å². The van der Waals surface area contributed by atoms with Crippen LogP contribution in [0.2, 0.25) is 0 Å². The second kappa shape index (κ2) is 4.66. The lowest BCUT2D eigenvalue weighted by atomic mass is 10.0. The molecule has 0 saturated heterocycles. The third kappa shape index (κ3) is 3.07. The maximum absolute atomic E-state index is 10.8. The predicted octanol–water partition coefficient (Wildman–Crippen LogP) is 2.41. The van der Waals surface area contributed by atoms with E-state index in [2.05, 4.69) is 0 Å². The van der Waals surface area contributed by atoms with E-state index in [9.17, 15) is 4.79 Å². The van der Waals surface area contributed by atoms with E-state index in [-0.39, 0.29) is 12.0 Å². The highest BCUT2D eigenvalue weighted by molar-refractivity contribution is 5.69. The average molecular weight is 219 g/mol. The fourth-order valence-corrected chi connectivity index (χ4v) is 1.82. The largest absolute Gasteiger partial charge is 0.427 e. The van der Waals surface area contributed by atoms with E-state index >= 15 is 0 Å². The highest BCUT2D eigenvalue weighted by atomic mass is 16.5. The van der Waals surface area contributed by atoms with Crippen molar-refractivity contribution < 1.29 is 9.53 Å². The number of benzene rings is 1. The minimum atomic E-state index is -0.298. The molecule has 0 aromatic heterocycles. The van der Waals surface area contributed by atoms with E-state index in [1.165, 1.54) is 19.8 Å². The molecular formula is C13H17NO2. The molecule has 3 heteroatoms. The normalized spacial score (nSPS) is 16.9. The molecule has 2 N–H and O–H groups in total. The van der Waals surface area contributed by atoms with Gasteiger partial charge >= 0.3 is 5.97 Å². The number of nitrogens with two attached hydrogens (primary N) is 1. The predicted molar refractivity (Wildman–Crippen MR) is 62.0 cm³/mol. The van der Waals surface area contributed by atoms with Gasteiger partial charge in [0.2, 0.25) is 0 Å². The van der Waals surface area contributed by atoms with Gasteiger partial charge < -0.3 is 10.5 Å². The van der Waals surface area contributed by atoms with Crippen molar-refractivity contribution in [1.82, 2.24) is 0 Å². The standard InChI is InChI=1S/C13H17NO2/c1-9(15)16-12-4-2-3-11(8-12)13(14)7-10-5-6-10/h2-4,8,10,13H,5-7,14H2,1H3/t13-/m1/s1. The molecule has 0 bridgehead atoms. The van der Waals surface area contributed by atoms with Crippen LogP contribution in [0, 0.1) is 5.92 Å². The van der Waals surface area contributed by atoms with Crippen molar-refractivity contribution >= 4 is 5.97 Å². The van der Waals surface area contributed by atoms with Crippen LogP contribution in [0.4, 0.5) is 0 Å². The second-order valence-electron chi connectivity index (χ2n) is 4.45. The van der Waals surface area contributed by atoms with Crippen molar-refractivity contribution in [3.05, 3.63) is 29.8 Å². The number of carbonyl (C=O) groups is 1. The zero-order valence-electron chi connectivity index (χ0n) is 9.48. The van der Waals surface area contributed by atoms with Crippen LogP contribution in [0.5, 0.6) is 5.75 Å². The summed E-state index contributed by atoms with van der Waals surface area (Å²) in [6.07, 6.45) is 3.64. The van der Waals surface area contributed by atoms with Crippen LogP contribution >= 0.6 is 0 Å². The molecule has 1 atom stereocenters. The molecule has 0 spiro atoms. The van der Waals surface area contributed by atoms with Crippen LogP contribution in [-0.4, -0.2) is 5.97 Å². The number of carbonyl (C=O) groups excluding carboxylic acids is 1. The first-order valence-corrected chi connectivity index (χ1v) is 5.69. The fourth-order valence-electron chi connectivity index (χ4n) is 1.82. The smallest absolute Gasteiger partial charge is 0.308 e. The highest BCUT2D eigenvalue weighted by Gasteiger charge is 2.24. The van der Waals surface area contributed by atoms with Crippen molar-refractivity contribution in [3.63, 3.8) is 0 Å². The molecule has 3 nitrogen and oxygen atoms in total. The molecule has 16 heavy (non-hydrogen) atoms. The molecule has 2 rings (SSSR count). The first-order chi connectivity index (χ1) is 7.65. The molecule has 0 aliphatic heterocycles. The van der Waals surface area contributed by atoms with Gasteiger partial charge in [0, 0.05) is 13.0 Å². The molecule has 1 aromatic carbocycles. The molecule has 1 saturated carbocycles. The number of ether oxygens (including phenoxy) is 1. The lowest BCUT2D eigenvalue weighted by Gasteiger charge is -2.12. The van der Waals surface area contributed by atoms with Crippen molar-refractivity contribution in [3.8, 4) is 5.75 Å².